The Kier molecular flexibility index (Phi) is 6.61. The summed E-state index contributed by atoms with van der Waals surface area (Å²) in [5.41, 5.74) is 1.15. The number of halogens is 1. The van der Waals surface area contributed by atoms with Gasteiger partial charge in [0.15, 0.2) is 0 Å². The molecule has 0 atom stereocenters. The van der Waals surface area contributed by atoms with Gasteiger partial charge in [-0.25, -0.2) is 12.8 Å². The first-order chi connectivity index (χ1) is 15.9. The van der Waals surface area contributed by atoms with E-state index in [4.69, 9.17) is 14.0 Å². The van der Waals surface area contributed by atoms with Crippen molar-refractivity contribution in [3.8, 4) is 34.3 Å². The van der Waals surface area contributed by atoms with Gasteiger partial charge in [0.2, 0.25) is 5.82 Å². The third kappa shape index (κ3) is 5.15. The Morgan fingerprint density at radius 3 is 2.64 bits per heavy atom. The van der Waals surface area contributed by atoms with E-state index < -0.39 is 15.8 Å². The molecule has 2 aromatic carbocycles. The zero-order valence-electron chi connectivity index (χ0n) is 17.7. The second-order valence-electron chi connectivity index (χ2n) is 6.72. The van der Waals surface area contributed by atoms with Gasteiger partial charge >= 0.3 is 0 Å². The van der Waals surface area contributed by atoms with Crippen LogP contribution in [0.3, 0.4) is 0 Å². The molecule has 33 heavy (non-hydrogen) atoms. The molecule has 0 unspecified atom stereocenters. The second-order valence-corrected chi connectivity index (χ2v) is 9.54. The van der Waals surface area contributed by atoms with Crippen LogP contribution in [0, 0.1) is 5.82 Å². The number of aromatic nitrogens is 2. The van der Waals surface area contributed by atoms with Crippen molar-refractivity contribution in [1.82, 2.24) is 10.1 Å². The monoisotopic (exact) mass is 489 g/mol. The molecule has 0 amide bonds. The molecule has 4 aromatic rings. The highest BCUT2D eigenvalue weighted by molar-refractivity contribution is 7.94. The summed E-state index contributed by atoms with van der Waals surface area (Å²) < 4.78 is 58.4. The van der Waals surface area contributed by atoms with Crippen LogP contribution in [0.5, 0.6) is 11.5 Å². The van der Waals surface area contributed by atoms with Crippen molar-refractivity contribution in [3.05, 3.63) is 59.7 Å². The van der Waals surface area contributed by atoms with E-state index in [0.29, 0.717) is 35.8 Å². The molecule has 0 saturated carbocycles. The molecule has 0 aliphatic heterocycles. The van der Waals surface area contributed by atoms with Crippen molar-refractivity contribution in [2.24, 2.45) is 0 Å². The smallest absolute Gasteiger partial charge is 0.271 e. The number of nitrogens with one attached hydrogen (secondary N) is 1. The molecule has 0 spiro atoms. The summed E-state index contributed by atoms with van der Waals surface area (Å²) in [4.78, 5) is 4.25. The van der Waals surface area contributed by atoms with Gasteiger partial charge in [-0.3, -0.25) is 4.72 Å². The quantitative estimate of drug-likeness (QED) is 0.344. The number of nitrogens with zero attached hydrogens (tertiary/aromatic N) is 2. The molecule has 1 N–H and O–H groups in total. The van der Waals surface area contributed by atoms with Crippen LogP contribution in [0.4, 0.5) is 10.1 Å². The van der Waals surface area contributed by atoms with Crippen LogP contribution in [-0.2, 0) is 10.0 Å². The Bertz CT molecular complexity index is 1370. The molecule has 0 fully saturated rings. The molecule has 0 saturated heterocycles. The van der Waals surface area contributed by atoms with E-state index in [0.717, 1.165) is 11.3 Å². The molecular weight excluding hydrogens is 469 g/mol. The van der Waals surface area contributed by atoms with Crippen LogP contribution < -0.4 is 14.2 Å². The molecule has 4 rings (SSSR count). The first kappa shape index (κ1) is 22.7. The number of hydrogen-bond donors (Lipinski definition) is 1. The normalized spacial score (nSPS) is 11.4. The summed E-state index contributed by atoms with van der Waals surface area (Å²) in [5.74, 6) is 0.806. The van der Waals surface area contributed by atoms with Crippen molar-refractivity contribution < 1.29 is 26.8 Å². The molecule has 0 bridgehead atoms. The van der Waals surface area contributed by atoms with Gasteiger partial charge in [0.25, 0.3) is 15.9 Å². The highest BCUT2D eigenvalue weighted by Gasteiger charge is 2.22. The largest absolute Gasteiger partial charge is 0.494 e. The third-order valence-corrected chi connectivity index (χ3v) is 7.21. The minimum Gasteiger partial charge on any atom is -0.494 e. The summed E-state index contributed by atoms with van der Waals surface area (Å²) in [6.45, 7) is 4.46. The summed E-state index contributed by atoms with van der Waals surface area (Å²) in [6, 6.07) is 12.2. The topological polar surface area (TPSA) is 104 Å². The molecular formula is C22H20FN3O5S2. The van der Waals surface area contributed by atoms with Crippen LogP contribution in [-0.4, -0.2) is 31.8 Å². The molecule has 8 nitrogen and oxygen atoms in total. The van der Waals surface area contributed by atoms with Gasteiger partial charge in [0, 0.05) is 17.0 Å². The molecule has 2 aromatic heterocycles. The second kappa shape index (κ2) is 9.59. The Balaban J connectivity index is 1.59. The zero-order valence-corrected chi connectivity index (χ0v) is 19.4. The van der Waals surface area contributed by atoms with Crippen molar-refractivity contribution >= 4 is 27.0 Å². The average Bonchev–Trinajstić information content (AvgIpc) is 3.46. The number of sulfonamides is 1. The summed E-state index contributed by atoms with van der Waals surface area (Å²) in [5, 5.41) is 5.45. The molecule has 11 heteroatoms. The minimum absolute atomic E-state index is 0.0484. The summed E-state index contributed by atoms with van der Waals surface area (Å²) >= 11 is 1.00. The number of anilines is 1. The number of hydrogen-bond acceptors (Lipinski definition) is 8. The molecule has 0 radical (unpaired) electrons. The van der Waals surface area contributed by atoms with Crippen LogP contribution in [0.15, 0.2) is 62.6 Å². The lowest BCUT2D eigenvalue weighted by Gasteiger charge is -2.14. The lowest BCUT2D eigenvalue weighted by Crippen LogP contribution is -2.13. The van der Waals surface area contributed by atoms with Gasteiger partial charge in [-0.2, -0.15) is 4.98 Å². The van der Waals surface area contributed by atoms with E-state index in [-0.39, 0.29) is 21.6 Å². The van der Waals surface area contributed by atoms with Gasteiger partial charge in [-0.1, -0.05) is 17.3 Å². The Labute approximate surface area is 194 Å². The fourth-order valence-electron chi connectivity index (χ4n) is 2.98. The van der Waals surface area contributed by atoms with Crippen molar-refractivity contribution in [2.45, 2.75) is 18.1 Å². The summed E-state index contributed by atoms with van der Waals surface area (Å²) in [6.07, 6.45) is 0. The predicted octanol–water partition coefficient (Wildman–Crippen LogP) is 5.20. The Hall–Kier alpha value is -3.44. The van der Waals surface area contributed by atoms with E-state index in [9.17, 15) is 12.8 Å². The minimum atomic E-state index is -3.93. The number of benzene rings is 2. The molecule has 0 aliphatic rings. The van der Waals surface area contributed by atoms with Gasteiger partial charge in [0.1, 0.15) is 21.5 Å². The summed E-state index contributed by atoms with van der Waals surface area (Å²) in [7, 11) is -3.93. The first-order valence-electron chi connectivity index (χ1n) is 10.0. The molecule has 2 heterocycles. The average molecular weight is 490 g/mol. The number of rotatable bonds is 9. The number of thiophene rings is 1. The maximum absolute atomic E-state index is 13.5. The van der Waals surface area contributed by atoms with E-state index in [1.165, 1.54) is 18.2 Å². The first-order valence-corrected chi connectivity index (χ1v) is 12.4. The van der Waals surface area contributed by atoms with Crippen molar-refractivity contribution in [1.29, 1.82) is 0 Å². The number of ether oxygens (including phenoxy) is 2. The maximum Gasteiger partial charge on any atom is 0.271 e. The zero-order chi connectivity index (χ0) is 23.4. The standard InChI is InChI=1S/C22H20FN3O5S2/c1-3-29-17-8-9-19(30-4-2)18(12-17)26-33(27,28)20-11-15(13-32-20)22-24-21(25-31-22)14-6-5-7-16(23)10-14/h5-13,26H,3-4H2,1-2H3. The van der Waals surface area contributed by atoms with Crippen LogP contribution in [0.25, 0.3) is 22.8 Å². The van der Waals surface area contributed by atoms with E-state index >= 15 is 0 Å². The maximum atomic E-state index is 13.5. The van der Waals surface area contributed by atoms with Gasteiger partial charge in [-0.15, -0.1) is 11.3 Å². The fraction of sp³-hybridized carbons (Fsp3) is 0.182. The van der Waals surface area contributed by atoms with Crippen LogP contribution in [0.1, 0.15) is 13.8 Å². The van der Waals surface area contributed by atoms with Crippen molar-refractivity contribution in [3.63, 3.8) is 0 Å². The van der Waals surface area contributed by atoms with Crippen LogP contribution >= 0.6 is 11.3 Å². The molecule has 0 aliphatic carbocycles. The highest BCUT2D eigenvalue weighted by atomic mass is 32.2. The highest BCUT2D eigenvalue weighted by Crippen LogP contribution is 2.34. The SMILES string of the molecule is CCOc1ccc(OCC)c(NS(=O)(=O)c2cc(-c3nc(-c4cccc(F)c4)no3)cs2)c1. The van der Waals surface area contributed by atoms with Crippen LogP contribution in [0.2, 0.25) is 0 Å². The van der Waals surface area contributed by atoms with E-state index in [1.54, 1.807) is 35.7 Å². The van der Waals surface area contributed by atoms with Crippen molar-refractivity contribution in [2.75, 3.05) is 17.9 Å². The Morgan fingerprint density at radius 1 is 1.06 bits per heavy atom. The van der Waals surface area contributed by atoms with Gasteiger partial charge in [-0.05, 0) is 44.2 Å². The fourth-order valence-corrected chi connectivity index (χ4v) is 5.19. The Morgan fingerprint density at radius 2 is 1.88 bits per heavy atom. The third-order valence-electron chi connectivity index (χ3n) is 4.40. The van der Waals surface area contributed by atoms with Gasteiger partial charge in [0.05, 0.1) is 24.5 Å². The van der Waals surface area contributed by atoms with E-state index in [1.807, 2.05) is 13.8 Å². The molecule has 172 valence electrons. The predicted molar refractivity (Wildman–Crippen MR) is 123 cm³/mol. The lowest BCUT2D eigenvalue weighted by molar-refractivity contribution is 0.332. The van der Waals surface area contributed by atoms with E-state index in [2.05, 4.69) is 14.9 Å². The lowest BCUT2D eigenvalue weighted by atomic mass is 10.2. The van der Waals surface area contributed by atoms with Gasteiger partial charge < -0.3 is 14.0 Å².